The van der Waals surface area contributed by atoms with E-state index >= 15 is 0 Å². The normalized spacial score (nSPS) is 14.7. The lowest BCUT2D eigenvalue weighted by Crippen LogP contribution is -2.49. The number of carbonyl (C=O) groups excluding carboxylic acids is 1. The zero-order chi connectivity index (χ0) is 21.7. The largest absolute Gasteiger partial charge is 0.421 e. The second-order valence-corrected chi connectivity index (χ2v) is 6.95. The first-order valence-electron chi connectivity index (χ1n) is 9.46. The highest BCUT2D eigenvalue weighted by atomic mass is 19.4. The first-order valence-corrected chi connectivity index (χ1v) is 9.46. The summed E-state index contributed by atoms with van der Waals surface area (Å²) in [6, 6.07) is 0.660. The molecule has 3 heterocycles. The molecule has 0 saturated carbocycles. The highest BCUT2D eigenvalue weighted by molar-refractivity contribution is 5.76. The number of amides is 1. The van der Waals surface area contributed by atoms with Crippen molar-refractivity contribution < 1.29 is 18.0 Å². The summed E-state index contributed by atoms with van der Waals surface area (Å²) >= 11 is 0. The van der Waals surface area contributed by atoms with Crippen LogP contribution in [0.4, 0.5) is 24.9 Å². The number of rotatable bonds is 6. The Morgan fingerprint density at radius 1 is 1.20 bits per heavy atom. The van der Waals surface area contributed by atoms with E-state index in [0.29, 0.717) is 44.6 Å². The van der Waals surface area contributed by atoms with Gasteiger partial charge in [0.2, 0.25) is 11.9 Å². The van der Waals surface area contributed by atoms with Crippen molar-refractivity contribution in [3.05, 3.63) is 39.9 Å². The second kappa shape index (κ2) is 9.09. The van der Waals surface area contributed by atoms with Crippen LogP contribution in [0.3, 0.4) is 0 Å². The Morgan fingerprint density at radius 2 is 1.87 bits per heavy atom. The molecule has 0 radical (unpaired) electrons. The van der Waals surface area contributed by atoms with E-state index in [1.54, 1.807) is 17.3 Å². The molecule has 9 nitrogen and oxygen atoms in total. The Bertz CT molecular complexity index is 923. The summed E-state index contributed by atoms with van der Waals surface area (Å²) in [4.78, 5) is 35.9. The monoisotopic (exact) mass is 425 g/mol. The molecule has 0 aromatic carbocycles. The maximum absolute atomic E-state index is 12.7. The van der Waals surface area contributed by atoms with Crippen molar-refractivity contribution in [3.63, 3.8) is 0 Å². The number of anilines is 2. The molecular weight excluding hydrogens is 403 g/mol. The average Bonchev–Trinajstić information content (AvgIpc) is 2.72. The van der Waals surface area contributed by atoms with E-state index in [1.165, 1.54) is 0 Å². The molecule has 12 heteroatoms. The number of nitrogens with zero attached hydrogens (tertiary/aromatic N) is 5. The van der Waals surface area contributed by atoms with Crippen LogP contribution in [-0.4, -0.2) is 63.7 Å². The molecular formula is C18H22F3N7O2. The summed E-state index contributed by atoms with van der Waals surface area (Å²) in [7, 11) is 0. The highest BCUT2D eigenvalue weighted by Crippen LogP contribution is 2.27. The highest BCUT2D eigenvalue weighted by Gasteiger charge is 2.34. The van der Waals surface area contributed by atoms with E-state index in [-0.39, 0.29) is 24.7 Å². The fourth-order valence-corrected chi connectivity index (χ4v) is 3.03. The second-order valence-electron chi connectivity index (χ2n) is 6.95. The fourth-order valence-electron chi connectivity index (χ4n) is 3.03. The van der Waals surface area contributed by atoms with Crippen molar-refractivity contribution in [2.24, 2.45) is 0 Å². The number of aryl methyl sites for hydroxylation is 1. The molecule has 0 bridgehead atoms. The number of alkyl halides is 3. The van der Waals surface area contributed by atoms with Gasteiger partial charge < -0.3 is 15.1 Å². The zero-order valence-corrected chi connectivity index (χ0v) is 16.4. The molecule has 1 saturated heterocycles. The van der Waals surface area contributed by atoms with Gasteiger partial charge in [0.05, 0.1) is 0 Å². The van der Waals surface area contributed by atoms with Gasteiger partial charge >= 0.3 is 6.18 Å². The number of nitrogens with one attached hydrogen (secondary N) is 2. The SMILES string of the molecule is Cc1cnc(N2CCN(C(=O)CCCNc3cc(C(F)(F)F)c(=O)[nH]n3)CC2)nc1. The van der Waals surface area contributed by atoms with Gasteiger partial charge in [0, 0.05) is 57.6 Å². The lowest BCUT2D eigenvalue weighted by molar-refractivity contribution is -0.138. The van der Waals surface area contributed by atoms with Crippen LogP contribution in [0.15, 0.2) is 23.3 Å². The van der Waals surface area contributed by atoms with Gasteiger partial charge in [0.15, 0.2) is 0 Å². The predicted octanol–water partition coefficient (Wildman–Crippen LogP) is 1.43. The quantitative estimate of drug-likeness (QED) is 0.674. The molecule has 0 atom stereocenters. The Morgan fingerprint density at radius 3 is 2.50 bits per heavy atom. The van der Waals surface area contributed by atoms with Crippen molar-refractivity contribution in [2.75, 3.05) is 42.9 Å². The van der Waals surface area contributed by atoms with E-state index < -0.39 is 17.3 Å². The molecule has 1 fully saturated rings. The Labute approximate surface area is 170 Å². The predicted molar refractivity (Wildman–Crippen MR) is 103 cm³/mol. The van der Waals surface area contributed by atoms with Crippen LogP contribution < -0.4 is 15.8 Å². The molecule has 1 aliphatic heterocycles. The Balaban J connectivity index is 1.41. The van der Waals surface area contributed by atoms with Gasteiger partial charge in [-0.25, -0.2) is 15.1 Å². The fraction of sp³-hybridized carbons (Fsp3) is 0.500. The van der Waals surface area contributed by atoms with Crippen LogP contribution in [0.25, 0.3) is 0 Å². The first-order chi connectivity index (χ1) is 14.2. The smallest absolute Gasteiger partial charge is 0.369 e. The number of hydrogen-bond acceptors (Lipinski definition) is 7. The van der Waals surface area contributed by atoms with E-state index in [4.69, 9.17) is 0 Å². The number of aromatic nitrogens is 4. The first kappa shape index (κ1) is 21.5. The topological polar surface area (TPSA) is 107 Å². The minimum Gasteiger partial charge on any atom is -0.369 e. The maximum atomic E-state index is 12.7. The lowest BCUT2D eigenvalue weighted by atomic mass is 10.2. The Kier molecular flexibility index (Phi) is 6.53. The third kappa shape index (κ3) is 5.45. The van der Waals surface area contributed by atoms with Gasteiger partial charge in [0.1, 0.15) is 11.4 Å². The molecule has 2 aromatic rings. The van der Waals surface area contributed by atoms with Gasteiger partial charge in [0.25, 0.3) is 5.56 Å². The molecule has 2 aromatic heterocycles. The molecule has 2 N–H and O–H groups in total. The minimum absolute atomic E-state index is 0.0216. The molecule has 0 aliphatic carbocycles. The molecule has 162 valence electrons. The summed E-state index contributed by atoms with van der Waals surface area (Å²) in [5.74, 6) is 0.524. The van der Waals surface area contributed by atoms with Crippen LogP contribution in [0.2, 0.25) is 0 Å². The number of halogens is 3. The molecule has 30 heavy (non-hydrogen) atoms. The number of piperazine rings is 1. The summed E-state index contributed by atoms with van der Waals surface area (Å²) in [6.07, 6.45) is -0.579. The summed E-state index contributed by atoms with van der Waals surface area (Å²) in [6.45, 7) is 4.54. The molecule has 1 aliphatic rings. The van der Waals surface area contributed by atoms with Gasteiger partial charge in [-0.2, -0.15) is 18.3 Å². The number of hydrogen-bond donors (Lipinski definition) is 2. The van der Waals surface area contributed by atoms with E-state index in [9.17, 15) is 22.8 Å². The van der Waals surface area contributed by atoms with Gasteiger partial charge in [-0.15, -0.1) is 0 Å². The summed E-state index contributed by atoms with van der Waals surface area (Å²) in [5.41, 5.74) is -1.63. The van der Waals surface area contributed by atoms with Gasteiger partial charge in [-0.3, -0.25) is 9.59 Å². The van der Waals surface area contributed by atoms with Gasteiger partial charge in [-0.1, -0.05) is 0 Å². The average molecular weight is 425 g/mol. The van der Waals surface area contributed by atoms with E-state index in [0.717, 1.165) is 5.56 Å². The summed E-state index contributed by atoms with van der Waals surface area (Å²) in [5, 5.41) is 8.06. The number of carbonyl (C=O) groups is 1. The van der Waals surface area contributed by atoms with Crippen molar-refractivity contribution >= 4 is 17.7 Å². The van der Waals surface area contributed by atoms with Crippen molar-refractivity contribution in [2.45, 2.75) is 25.9 Å². The maximum Gasteiger partial charge on any atom is 0.421 e. The molecule has 0 unspecified atom stereocenters. The third-order valence-electron chi connectivity index (χ3n) is 4.67. The lowest BCUT2D eigenvalue weighted by Gasteiger charge is -2.34. The Hall–Kier alpha value is -3.18. The van der Waals surface area contributed by atoms with Crippen molar-refractivity contribution in [1.29, 1.82) is 0 Å². The number of H-pyrrole nitrogens is 1. The van der Waals surface area contributed by atoms with Crippen LogP contribution in [0, 0.1) is 6.92 Å². The van der Waals surface area contributed by atoms with Crippen LogP contribution in [-0.2, 0) is 11.0 Å². The van der Waals surface area contributed by atoms with E-state index in [1.807, 2.05) is 16.9 Å². The van der Waals surface area contributed by atoms with Crippen LogP contribution in [0.1, 0.15) is 24.0 Å². The van der Waals surface area contributed by atoms with Crippen molar-refractivity contribution in [1.82, 2.24) is 25.1 Å². The molecule has 1 amide bonds. The van der Waals surface area contributed by atoms with E-state index in [2.05, 4.69) is 20.4 Å². The minimum atomic E-state index is -4.76. The zero-order valence-electron chi connectivity index (χ0n) is 16.4. The van der Waals surface area contributed by atoms with Crippen LogP contribution >= 0.6 is 0 Å². The van der Waals surface area contributed by atoms with Gasteiger partial charge in [-0.05, 0) is 18.9 Å². The standard InChI is InChI=1S/C18H22F3N7O2/c1-12-10-23-17(24-11-12)28-7-5-27(6-8-28)15(29)3-2-4-22-14-9-13(18(19,20)21)16(30)26-25-14/h9-11H,2-8H2,1H3,(H,22,25)(H,26,30). The molecule has 0 spiro atoms. The summed E-state index contributed by atoms with van der Waals surface area (Å²) < 4.78 is 38.2. The third-order valence-corrected chi connectivity index (χ3v) is 4.67. The molecule has 3 rings (SSSR count). The van der Waals surface area contributed by atoms with Crippen LogP contribution in [0.5, 0.6) is 0 Å². The van der Waals surface area contributed by atoms with Crippen molar-refractivity contribution in [3.8, 4) is 0 Å². The number of aromatic amines is 1.